The van der Waals surface area contributed by atoms with Crippen molar-refractivity contribution in [3.05, 3.63) is 48.2 Å². The number of hydrogen-bond donors (Lipinski definition) is 2. The highest BCUT2D eigenvalue weighted by Crippen LogP contribution is 2.17. The van der Waals surface area contributed by atoms with Gasteiger partial charge in [-0.2, -0.15) is 0 Å². The number of amides is 1. The van der Waals surface area contributed by atoms with Gasteiger partial charge in [0.2, 0.25) is 15.9 Å². The number of nitrogens with zero attached hydrogens (tertiary/aromatic N) is 1. The van der Waals surface area contributed by atoms with E-state index in [1.165, 1.54) is 12.3 Å². The van der Waals surface area contributed by atoms with Crippen LogP contribution in [0.25, 0.3) is 0 Å². The van der Waals surface area contributed by atoms with Crippen LogP contribution in [-0.4, -0.2) is 44.4 Å². The van der Waals surface area contributed by atoms with Crippen LogP contribution in [0.15, 0.2) is 42.6 Å². The minimum Gasteiger partial charge on any atom is -0.475 e. The van der Waals surface area contributed by atoms with Crippen LogP contribution in [0.2, 0.25) is 0 Å². The highest BCUT2D eigenvalue weighted by Gasteiger charge is 2.11. The summed E-state index contributed by atoms with van der Waals surface area (Å²) in [5.41, 5.74) is 0.935. The van der Waals surface area contributed by atoms with E-state index in [9.17, 15) is 13.2 Å². The highest BCUT2D eigenvalue weighted by molar-refractivity contribution is 7.92. The van der Waals surface area contributed by atoms with E-state index < -0.39 is 10.0 Å². The second-order valence-electron chi connectivity index (χ2n) is 7.10. The average Bonchev–Trinajstić information content (AvgIpc) is 2.57. The summed E-state index contributed by atoms with van der Waals surface area (Å²) in [5.74, 6) is 0.0278. The fraction of sp³-hybridized carbons (Fsp3) is 0.368. The van der Waals surface area contributed by atoms with E-state index in [0.717, 1.165) is 6.26 Å². The molecule has 2 rings (SSSR count). The third-order valence-corrected chi connectivity index (χ3v) is 3.90. The van der Waals surface area contributed by atoms with Crippen molar-refractivity contribution in [2.45, 2.75) is 26.4 Å². The number of nitrogens with one attached hydrogen (secondary N) is 2. The van der Waals surface area contributed by atoms with E-state index in [1.54, 1.807) is 30.3 Å². The molecule has 0 fully saturated rings. The predicted octanol–water partition coefficient (Wildman–Crippen LogP) is 2.90. The van der Waals surface area contributed by atoms with E-state index in [4.69, 9.17) is 9.47 Å². The fourth-order valence-corrected chi connectivity index (χ4v) is 2.73. The molecular weight excluding hydrogens is 382 g/mol. The third kappa shape index (κ3) is 7.93. The third-order valence-electron chi connectivity index (χ3n) is 3.29. The Morgan fingerprint density at radius 2 is 1.82 bits per heavy atom. The largest absolute Gasteiger partial charge is 0.475 e. The van der Waals surface area contributed by atoms with Gasteiger partial charge in [-0.05, 0) is 45.0 Å². The lowest BCUT2D eigenvalue weighted by Gasteiger charge is -2.19. The van der Waals surface area contributed by atoms with Gasteiger partial charge in [0.1, 0.15) is 6.61 Å². The van der Waals surface area contributed by atoms with Crippen LogP contribution in [0.3, 0.4) is 0 Å². The van der Waals surface area contributed by atoms with E-state index in [-0.39, 0.29) is 11.5 Å². The molecule has 28 heavy (non-hydrogen) atoms. The fourth-order valence-electron chi connectivity index (χ4n) is 2.17. The standard InChI is InChI=1S/C19H25N3O5S/c1-19(2,3)27-11-10-26-17-9-8-14(13-20-17)18(23)21-15-6-5-7-16(12-15)22-28(4,24)25/h5-9,12-13,22H,10-11H2,1-4H3,(H,21,23). The van der Waals surface area contributed by atoms with Gasteiger partial charge in [-0.3, -0.25) is 9.52 Å². The first kappa shape index (κ1) is 21.6. The normalized spacial score (nSPS) is 11.7. The maximum Gasteiger partial charge on any atom is 0.257 e. The molecule has 0 spiro atoms. The number of sulfonamides is 1. The number of aromatic nitrogens is 1. The molecule has 0 aliphatic rings. The van der Waals surface area contributed by atoms with Gasteiger partial charge in [-0.15, -0.1) is 0 Å². The zero-order chi connectivity index (χ0) is 20.8. The molecular formula is C19H25N3O5S. The molecule has 1 aromatic heterocycles. The first-order valence-corrected chi connectivity index (χ1v) is 10.5. The quantitative estimate of drug-likeness (QED) is 0.652. The molecule has 2 N–H and O–H groups in total. The van der Waals surface area contributed by atoms with Crippen LogP contribution in [0, 0.1) is 0 Å². The summed E-state index contributed by atoms with van der Waals surface area (Å²) >= 11 is 0. The molecule has 2 aromatic rings. The summed E-state index contributed by atoms with van der Waals surface area (Å²) in [7, 11) is -3.39. The zero-order valence-corrected chi connectivity index (χ0v) is 17.2. The number of carbonyl (C=O) groups excluding carboxylic acids is 1. The highest BCUT2D eigenvalue weighted by atomic mass is 32.2. The summed E-state index contributed by atoms with van der Waals surface area (Å²) in [5, 5.41) is 2.70. The molecule has 8 nitrogen and oxygen atoms in total. The number of hydrogen-bond acceptors (Lipinski definition) is 6. The molecule has 1 heterocycles. The summed E-state index contributed by atoms with van der Waals surface area (Å²) in [6, 6.07) is 9.62. The lowest BCUT2D eigenvalue weighted by molar-refractivity contribution is -0.0168. The Kier molecular flexibility index (Phi) is 6.98. The number of carbonyl (C=O) groups is 1. The van der Waals surface area contributed by atoms with Crippen molar-refractivity contribution >= 4 is 27.3 Å². The molecule has 0 saturated carbocycles. The molecule has 0 unspecified atom stereocenters. The summed E-state index contributed by atoms with van der Waals surface area (Å²) in [6.07, 6.45) is 2.47. The molecule has 0 radical (unpaired) electrons. The number of anilines is 2. The topological polar surface area (TPSA) is 107 Å². The van der Waals surface area contributed by atoms with Crippen molar-refractivity contribution in [1.29, 1.82) is 0 Å². The molecule has 0 aliphatic carbocycles. The van der Waals surface area contributed by atoms with Crippen molar-refractivity contribution in [3.63, 3.8) is 0 Å². The Hall–Kier alpha value is -2.65. The predicted molar refractivity (Wildman–Crippen MR) is 108 cm³/mol. The minimum absolute atomic E-state index is 0.229. The summed E-state index contributed by atoms with van der Waals surface area (Å²) in [6.45, 7) is 6.68. The first-order chi connectivity index (χ1) is 13.0. The number of benzene rings is 1. The Morgan fingerprint density at radius 3 is 2.43 bits per heavy atom. The zero-order valence-electron chi connectivity index (χ0n) is 16.4. The molecule has 0 atom stereocenters. The van der Waals surface area contributed by atoms with E-state index >= 15 is 0 Å². The Bertz CT molecular complexity index is 906. The van der Waals surface area contributed by atoms with Crippen molar-refractivity contribution in [3.8, 4) is 5.88 Å². The maximum absolute atomic E-state index is 12.3. The summed E-state index contributed by atoms with van der Waals surface area (Å²) < 4.78 is 36.0. The average molecular weight is 407 g/mol. The van der Waals surface area contributed by atoms with Gasteiger partial charge in [-0.1, -0.05) is 6.07 Å². The Balaban J connectivity index is 1.92. The van der Waals surface area contributed by atoms with Crippen molar-refractivity contribution in [2.75, 3.05) is 29.5 Å². The Morgan fingerprint density at radius 1 is 1.11 bits per heavy atom. The van der Waals surface area contributed by atoms with Crippen molar-refractivity contribution in [2.24, 2.45) is 0 Å². The molecule has 0 bridgehead atoms. The lowest BCUT2D eigenvalue weighted by atomic mass is 10.2. The number of pyridine rings is 1. The van der Waals surface area contributed by atoms with Crippen molar-refractivity contribution < 1.29 is 22.7 Å². The van der Waals surface area contributed by atoms with Gasteiger partial charge >= 0.3 is 0 Å². The molecule has 1 amide bonds. The van der Waals surface area contributed by atoms with Crippen LogP contribution in [0.5, 0.6) is 5.88 Å². The van der Waals surface area contributed by atoms with Crippen LogP contribution >= 0.6 is 0 Å². The monoisotopic (exact) mass is 407 g/mol. The maximum atomic E-state index is 12.3. The van der Waals surface area contributed by atoms with Gasteiger partial charge in [0.25, 0.3) is 5.91 Å². The first-order valence-electron chi connectivity index (χ1n) is 8.64. The second kappa shape index (κ2) is 9.03. The molecule has 152 valence electrons. The van der Waals surface area contributed by atoms with E-state index in [2.05, 4.69) is 15.0 Å². The number of rotatable bonds is 8. The number of ether oxygens (including phenoxy) is 2. The SMILES string of the molecule is CC(C)(C)OCCOc1ccc(C(=O)Nc2cccc(NS(C)(=O)=O)c2)cn1. The minimum atomic E-state index is -3.39. The smallest absolute Gasteiger partial charge is 0.257 e. The lowest BCUT2D eigenvalue weighted by Crippen LogP contribution is -2.22. The van der Waals surface area contributed by atoms with Crippen LogP contribution < -0.4 is 14.8 Å². The van der Waals surface area contributed by atoms with Gasteiger partial charge in [0.15, 0.2) is 0 Å². The van der Waals surface area contributed by atoms with Gasteiger partial charge in [0.05, 0.1) is 29.7 Å². The van der Waals surface area contributed by atoms with Gasteiger partial charge < -0.3 is 14.8 Å². The molecule has 0 saturated heterocycles. The second-order valence-corrected chi connectivity index (χ2v) is 8.85. The van der Waals surface area contributed by atoms with Crippen LogP contribution in [0.1, 0.15) is 31.1 Å². The Labute approximate surface area is 165 Å². The van der Waals surface area contributed by atoms with Crippen LogP contribution in [0.4, 0.5) is 11.4 Å². The molecule has 0 aliphatic heterocycles. The molecule has 9 heteroatoms. The van der Waals surface area contributed by atoms with E-state index in [0.29, 0.717) is 36.0 Å². The van der Waals surface area contributed by atoms with Gasteiger partial charge in [-0.25, -0.2) is 13.4 Å². The molecule has 1 aromatic carbocycles. The van der Waals surface area contributed by atoms with Gasteiger partial charge in [0, 0.05) is 18.0 Å². The van der Waals surface area contributed by atoms with Crippen molar-refractivity contribution in [1.82, 2.24) is 4.98 Å². The summed E-state index contributed by atoms with van der Waals surface area (Å²) in [4.78, 5) is 16.5. The van der Waals surface area contributed by atoms with E-state index in [1.807, 2.05) is 20.8 Å². The van der Waals surface area contributed by atoms with Crippen LogP contribution in [-0.2, 0) is 14.8 Å².